The van der Waals surface area contributed by atoms with Crippen LogP contribution < -0.4 is 5.69 Å². The molecule has 0 saturated carbocycles. The highest BCUT2D eigenvalue weighted by Crippen LogP contribution is 2.23. The molecule has 1 N–H and O–H groups in total. The van der Waals surface area contributed by atoms with Crippen molar-refractivity contribution in [1.82, 2.24) is 24.6 Å². The smallest absolute Gasteiger partial charge is 0.344 e. The van der Waals surface area contributed by atoms with Gasteiger partial charge in [0, 0.05) is 13.7 Å². The summed E-state index contributed by atoms with van der Waals surface area (Å²) in [6.45, 7) is 1.66. The number of carbonyl (C=O) groups is 1. The predicted octanol–water partition coefficient (Wildman–Crippen LogP) is 2.11. The molecule has 0 bridgehead atoms. The van der Waals surface area contributed by atoms with E-state index < -0.39 is 0 Å². The number of fused-ring (bicyclic) bond motifs is 1. The molecule has 1 saturated heterocycles. The summed E-state index contributed by atoms with van der Waals surface area (Å²) in [5.41, 5.74) is 0.681. The van der Waals surface area contributed by atoms with Gasteiger partial charge in [0.15, 0.2) is 5.16 Å². The van der Waals surface area contributed by atoms with E-state index in [9.17, 15) is 9.59 Å². The van der Waals surface area contributed by atoms with Crippen molar-refractivity contribution in [3.63, 3.8) is 0 Å². The Kier molecular flexibility index (Phi) is 5.79. The van der Waals surface area contributed by atoms with E-state index in [2.05, 4.69) is 15.2 Å². The van der Waals surface area contributed by atoms with E-state index in [4.69, 9.17) is 4.74 Å². The zero-order valence-electron chi connectivity index (χ0n) is 15.5. The van der Waals surface area contributed by atoms with Crippen molar-refractivity contribution in [2.75, 3.05) is 19.4 Å². The van der Waals surface area contributed by atoms with Crippen molar-refractivity contribution >= 4 is 39.2 Å². The Balaban J connectivity index is 1.35. The molecule has 1 amide bonds. The fourth-order valence-electron chi connectivity index (χ4n) is 3.08. The monoisotopic (exact) mass is 419 g/mol. The Bertz CT molecular complexity index is 989. The number of benzene rings is 1. The summed E-state index contributed by atoms with van der Waals surface area (Å²) < 4.78 is 8.27. The van der Waals surface area contributed by atoms with Crippen molar-refractivity contribution in [2.45, 2.75) is 37.2 Å². The number of carbonyl (C=O) groups excluding carboxylic acids is 1. The SMILES string of the molecule is CN(Cc1nc2ccccc2s1)C(=O)CSc1n[nH]c(=O)n1C[C@H]1CCCO1. The van der Waals surface area contributed by atoms with Gasteiger partial charge in [-0.2, -0.15) is 0 Å². The summed E-state index contributed by atoms with van der Waals surface area (Å²) in [5.74, 6) is 0.167. The van der Waals surface area contributed by atoms with Gasteiger partial charge < -0.3 is 9.64 Å². The van der Waals surface area contributed by atoms with Crippen molar-refractivity contribution < 1.29 is 9.53 Å². The number of nitrogens with zero attached hydrogens (tertiary/aromatic N) is 4. The number of para-hydroxylation sites is 1. The van der Waals surface area contributed by atoms with E-state index in [0.29, 0.717) is 18.2 Å². The Morgan fingerprint density at radius 3 is 3.11 bits per heavy atom. The minimum absolute atomic E-state index is 0.0343. The molecule has 1 atom stereocenters. The van der Waals surface area contributed by atoms with E-state index in [0.717, 1.165) is 34.7 Å². The highest BCUT2D eigenvalue weighted by atomic mass is 32.2. The first-order valence-electron chi connectivity index (χ1n) is 9.08. The van der Waals surface area contributed by atoms with Gasteiger partial charge in [0.05, 0.1) is 35.2 Å². The number of H-pyrrole nitrogens is 1. The number of thiazole rings is 1. The quantitative estimate of drug-likeness (QED) is 0.590. The first-order valence-corrected chi connectivity index (χ1v) is 10.9. The van der Waals surface area contributed by atoms with Gasteiger partial charge in [-0.1, -0.05) is 23.9 Å². The largest absolute Gasteiger partial charge is 0.376 e. The molecular formula is C18H21N5O3S2. The highest BCUT2D eigenvalue weighted by molar-refractivity contribution is 7.99. The molecule has 0 radical (unpaired) electrons. The van der Waals surface area contributed by atoms with Crippen LogP contribution in [0.15, 0.2) is 34.2 Å². The number of thioether (sulfide) groups is 1. The van der Waals surface area contributed by atoms with Gasteiger partial charge in [-0.25, -0.2) is 14.9 Å². The lowest BCUT2D eigenvalue weighted by molar-refractivity contribution is -0.127. The first-order chi connectivity index (χ1) is 13.6. The second kappa shape index (κ2) is 8.46. The van der Waals surface area contributed by atoms with Crippen LogP contribution in [0.25, 0.3) is 10.2 Å². The lowest BCUT2D eigenvalue weighted by Gasteiger charge is -2.15. The maximum absolute atomic E-state index is 12.5. The molecule has 0 spiro atoms. The summed E-state index contributed by atoms with van der Waals surface area (Å²) in [6.07, 6.45) is 1.98. The molecular weight excluding hydrogens is 398 g/mol. The van der Waals surface area contributed by atoms with Gasteiger partial charge in [0.1, 0.15) is 5.01 Å². The predicted molar refractivity (Wildman–Crippen MR) is 109 cm³/mol. The third kappa shape index (κ3) is 4.29. The van der Waals surface area contributed by atoms with Gasteiger partial charge in [-0.3, -0.25) is 9.36 Å². The highest BCUT2D eigenvalue weighted by Gasteiger charge is 2.21. The van der Waals surface area contributed by atoms with Crippen LogP contribution in [0.2, 0.25) is 0 Å². The first kappa shape index (κ1) is 19.2. The van der Waals surface area contributed by atoms with E-state index in [-0.39, 0.29) is 23.5 Å². The molecule has 8 nitrogen and oxygen atoms in total. The fourth-order valence-corrected chi connectivity index (χ4v) is 5.00. The van der Waals surface area contributed by atoms with Gasteiger partial charge in [0.25, 0.3) is 0 Å². The molecule has 1 aliphatic heterocycles. The molecule has 3 aromatic rings. The van der Waals surface area contributed by atoms with Crippen molar-refractivity contribution in [3.8, 4) is 0 Å². The van der Waals surface area contributed by atoms with Crippen LogP contribution in [0.1, 0.15) is 17.8 Å². The van der Waals surface area contributed by atoms with Crippen LogP contribution in [0.3, 0.4) is 0 Å². The molecule has 1 aromatic carbocycles. The van der Waals surface area contributed by atoms with Crippen LogP contribution in [0.4, 0.5) is 0 Å². The normalized spacial score (nSPS) is 16.7. The average Bonchev–Trinajstić information content (AvgIpc) is 3.41. The number of aromatic nitrogens is 4. The van der Waals surface area contributed by atoms with Gasteiger partial charge in [-0.05, 0) is 25.0 Å². The summed E-state index contributed by atoms with van der Waals surface area (Å²) in [6, 6.07) is 7.93. The number of ether oxygens (including phenoxy) is 1. The van der Waals surface area contributed by atoms with Crippen LogP contribution in [-0.4, -0.2) is 56.1 Å². The van der Waals surface area contributed by atoms with E-state index >= 15 is 0 Å². The Hall–Kier alpha value is -2.17. The minimum atomic E-state index is -0.270. The third-order valence-electron chi connectivity index (χ3n) is 4.59. The van der Waals surface area contributed by atoms with Gasteiger partial charge >= 0.3 is 5.69 Å². The Morgan fingerprint density at radius 2 is 2.32 bits per heavy atom. The second-order valence-corrected chi connectivity index (χ2v) is 8.73. The summed E-state index contributed by atoms with van der Waals surface area (Å²) >= 11 is 2.85. The lowest BCUT2D eigenvalue weighted by Crippen LogP contribution is -2.28. The molecule has 28 heavy (non-hydrogen) atoms. The molecule has 0 aliphatic carbocycles. The standard InChI is InChI=1S/C18H21N5O3S2/c1-22(10-15-19-13-6-2-3-7-14(13)28-15)16(24)11-27-18-21-20-17(25)23(18)9-12-5-4-8-26-12/h2-3,6-7,12H,4-5,8-11H2,1H3,(H,20,25)/t12-/m1/s1. The molecule has 1 aliphatic rings. The van der Waals surface area contributed by atoms with Crippen molar-refractivity contribution in [2.24, 2.45) is 0 Å². The lowest BCUT2D eigenvalue weighted by atomic mass is 10.2. The Morgan fingerprint density at radius 1 is 1.46 bits per heavy atom. The number of nitrogens with one attached hydrogen (secondary N) is 1. The molecule has 2 aromatic heterocycles. The van der Waals surface area contributed by atoms with Crippen LogP contribution in [0.5, 0.6) is 0 Å². The van der Waals surface area contributed by atoms with E-state index in [1.807, 2.05) is 24.3 Å². The number of aromatic amines is 1. The number of hydrogen-bond donors (Lipinski definition) is 1. The van der Waals surface area contributed by atoms with E-state index in [1.165, 1.54) is 11.8 Å². The molecule has 3 heterocycles. The van der Waals surface area contributed by atoms with Gasteiger partial charge in [0.2, 0.25) is 5.91 Å². The van der Waals surface area contributed by atoms with Crippen molar-refractivity contribution in [3.05, 3.63) is 39.8 Å². The molecule has 0 unspecified atom stereocenters. The second-order valence-electron chi connectivity index (χ2n) is 6.67. The third-order valence-corrected chi connectivity index (χ3v) is 6.58. The number of hydrogen-bond acceptors (Lipinski definition) is 7. The average molecular weight is 420 g/mol. The van der Waals surface area contributed by atoms with Crippen molar-refractivity contribution in [1.29, 1.82) is 0 Å². The Labute approximate surface area is 169 Å². The molecule has 148 valence electrons. The van der Waals surface area contributed by atoms with Crippen LogP contribution >= 0.6 is 23.1 Å². The van der Waals surface area contributed by atoms with E-state index in [1.54, 1.807) is 27.9 Å². The zero-order chi connectivity index (χ0) is 19.5. The maximum Gasteiger partial charge on any atom is 0.344 e. The zero-order valence-corrected chi connectivity index (χ0v) is 17.1. The molecule has 4 rings (SSSR count). The summed E-state index contributed by atoms with van der Waals surface area (Å²) in [7, 11) is 1.76. The molecule has 10 heteroatoms. The fraction of sp³-hybridized carbons (Fsp3) is 0.444. The number of amides is 1. The van der Waals surface area contributed by atoms with Crippen LogP contribution in [-0.2, 0) is 22.6 Å². The topological polar surface area (TPSA) is 93.1 Å². The summed E-state index contributed by atoms with van der Waals surface area (Å²) in [4.78, 5) is 30.8. The maximum atomic E-state index is 12.5. The van der Waals surface area contributed by atoms with Crippen LogP contribution in [0, 0.1) is 0 Å². The van der Waals surface area contributed by atoms with Gasteiger partial charge in [-0.15, -0.1) is 16.4 Å². The minimum Gasteiger partial charge on any atom is -0.376 e. The summed E-state index contributed by atoms with van der Waals surface area (Å²) in [5, 5.41) is 7.94. The molecule has 1 fully saturated rings. The number of rotatable bonds is 7.